The van der Waals surface area contributed by atoms with Gasteiger partial charge in [0, 0.05) is 34.1 Å². The molecule has 0 radical (unpaired) electrons. The lowest BCUT2D eigenvalue weighted by atomic mass is 9.98. The smallest absolute Gasteiger partial charge is 0.407 e. The van der Waals surface area contributed by atoms with Crippen LogP contribution in [0.15, 0.2) is 145 Å². The summed E-state index contributed by atoms with van der Waals surface area (Å²) in [7, 11) is 0. The minimum atomic E-state index is -0.841. The normalized spacial score (nSPS) is 12.4. The first-order valence-electron chi connectivity index (χ1n) is 18.0. The summed E-state index contributed by atoms with van der Waals surface area (Å²) in [5, 5.41) is 10.3. The molecule has 8 aromatic rings. The highest BCUT2D eigenvalue weighted by atomic mass is 32.1. The molecule has 54 heavy (non-hydrogen) atoms. The molecular formula is C45H39N5O3S. The number of amides is 2. The Bertz CT molecular complexity index is 2510. The highest BCUT2D eigenvalue weighted by Gasteiger charge is 2.30. The summed E-state index contributed by atoms with van der Waals surface area (Å²) in [6, 6.07) is 41.8. The molecule has 0 saturated carbocycles. The van der Waals surface area contributed by atoms with Crippen molar-refractivity contribution < 1.29 is 14.3 Å². The number of para-hydroxylation sites is 1. The third-order valence-corrected chi connectivity index (χ3v) is 10.9. The summed E-state index contributed by atoms with van der Waals surface area (Å²) in [5.41, 5.74) is 10.00. The van der Waals surface area contributed by atoms with Crippen LogP contribution < -0.4 is 10.6 Å². The Hall–Kier alpha value is -6.45. The SMILES string of the molecule is Cc1c[nH]c2ccccc12.O=C(NC(Cc1csc2ccccc12)C(=O)NCc1ncc(-c2ccccc2)[nH]1)OCC1c2ccccc2-c2ccccc21. The van der Waals surface area contributed by atoms with E-state index in [2.05, 4.69) is 81.0 Å². The number of rotatable bonds is 9. The summed E-state index contributed by atoms with van der Waals surface area (Å²) in [5.74, 6) is 0.239. The molecule has 1 unspecified atom stereocenters. The molecule has 0 spiro atoms. The van der Waals surface area contributed by atoms with E-state index in [1.54, 1.807) is 17.5 Å². The van der Waals surface area contributed by atoms with Gasteiger partial charge in [0.05, 0.1) is 18.4 Å². The van der Waals surface area contributed by atoms with E-state index >= 15 is 0 Å². The molecule has 4 N–H and O–H groups in total. The van der Waals surface area contributed by atoms with E-state index in [0.29, 0.717) is 12.2 Å². The van der Waals surface area contributed by atoms with Crippen molar-refractivity contribution in [3.05, 3.63) is 173 Å². The zero-order valence-corrected chi connectivity index (χ0v) is 30.5. The van der Waals surface area contributed by atoms with Gasteiger partial charge in [-0.2, -0.15) is 0 Å². The van der Waals surface area contributed by atoms with Crippen LogP contribution in [-0.4, -0.2) is 39.6 Å². The molecule has 0 saturated heterocycles. The number of benzene rings is 5. The number of aryl methyl sites for hydroxylation is 1. The van der Waals surface area contributed by atoms with Gasteiger partial charge < -0.3 is 25.3 Å². The molecule has 2 amide bonds. The van der Waals surface area contributed by atoms with Crippen LogP contribution in [-0.2, 0) is 22.5 Å². The predicted molar refractivity (Wildman–Crippen MR) is 216 cm³/mol. The number of nitrogens with zero attached hydrogens (tertiary/aromatic N) is 1. The number of H-pyrrole nitrogens is 2. The van der Waals surface area contributed by atoms with Crippen LogP contribution in [0.3, 0.4) is 0 Å². The Balaban J connectivity index is 0.000000356. The van der Waals surface area contributed by atoms with Crippen LogP contribution in [0.1, 0.15) is 34.0 Å². The number of carbonyl (C=O) groups excluding carboxylic acids is 2. The van der Waals surface area contributed by atoms with Gasteiger partial charge in [-0.1, -0.05) is 115 Å². The molecule has 0 aliphatic heterocycles. The average molecular weight is 730 g/mol. The summed E-state index contributed by atoms with van der Waals surface area (Å²) >= 11 is 1.62. The Labute approximate surface area is 317 Å². The highest BCUT2D eigenvalue weighted by Crippen LogP contribution is 2.44. The van der Waals surface area contributed by atoms with E-state index in [9.17, 15) is 9.59 Å². The fourth-order valence-electron chi connectivity index (χ4n) is 7.13. The second-order valence-electron chi connectivity index (χ2n) is 13.3. The van der Waals surface area contributed by atoms with Crippen LogP contribution in [0.2, 0.25) is 0 Å². The molecule has 8 nitrogen and oxygen atoms in total. The molecule has 9 heteroatoms. The Morgan fingerprint density at radius 1 is 0.815 bits per heavy atom. The van der Waals surface area contributed by atoms with Crippen molar-refractivity contribution in [2.45, 2.75) is 31.8 Å². The van der Waals surface area contributed by atoms with Crippen molar-refractivity contribution >= 4 is 44.3 Å². The number of imidazole rings is 1. The Morgan fingerprint density at radius 2 is 1.48 bits per heavy atom. The van der Waals surface area contributed by atoms with Gasteiger partial charge in [-0.05, 0) is 68.8 Å². The second kappa shape index (κ2) is 15.7. The van der Waals surface area contributed by atoms with Gasteiger partial charge in [-0.3, -0.25) is 4.79 Å². The number of thiophene rings is 1. The molecule has 0 bridgehead atoms. The third kappa shape index (κ3) is 7.40. The van der Waals surface area contributed by atoms with Crippen molar-refractivity contribution in [1.29, 1.82) is 0 Å². The fourth-order valence-corrected chi connectivity index (χ4v) is 8.11. The fraction of sp³-hybridized carbons (Fsp3) is 0.133. The topological polar surface area (TPSA) is 112 Å². The van der Waals surface area contributed by atoms with Gasteiger partial charge in [0.1, 0.15) is 18.5 Å². The Kier molecular flexibility index (Phi) is 10.0. The molecule has 268 valence electrons. The maximum absolute atomic E-state index is 13.6. The molecule has 0 fully saturated rings. The zero-order chi connectivity index (χ0) is 36.9. The van der Waals surface area contributed by atoms with Crippen molar-refractivity contribution in [1.82, 2.24) is 25.6 Å². The van der Waals surface area contributed by atoms with Crippen LogP contribution in [0, 0.1) is 6.92 Å². The maximum Gasteiger partial charge on any atom is 0.407 e. The summed E-state index contributed by atoms with van der Waals surface area (Å²) in [6.45, 7) is 2.47. The standard InChI is InChI=1S/C36H30N4O3S.C9H9N/c41-35(38-20-34-37-19-32(39-34)23-10-2-1-3-11-23)31(18-24-22-44-33-17-9-8-12-25(24)33)40-36(42)43-21-30-28-15-6-4-13-26(28)27-14-5-7-16-29(27)30;1-7-6-10-9-5-3-2-4-8(7)9/h1-17,19,22,30-31H,18,20-21H2,(H,37,39)(H,38,41)(H,40,42);2-6,10H,1H3. The maximum atomic E-state index is 13.6. The molecule has 9 rings (SSSR count). The van der Waals surface area contributed by atoms with Crippen molar-refractivity contribution in [2.75, 3.05) is 6.61 Å². The summed E-state index contributed by atoms with van der Waals surface area (Å²) in [4.78, 5) is 37.7. The van der Waals surface area contributed by atoms with E-state index in [4.69, 9.17) is 4.74 Å². The number of nitrogens with one attached hydrogen (secondary N) is 4. The van der Waals surface area contributed by atoms with Gasteiger partial charge in [0.15, 0.2) is 0 Å². The zero-order valence-electron chi connectivity index (χ0n) is 29.7. The van der Waals surface area contributed by atoms with Gasteiger partial charge in [-0.25, -0.2) is 9.78 Å². The number of fused-ring (bicyclic) bond motifs is 5. The molecule has 5 aromatic carbocycles. The van der Waals surface area contributed by atoms with Gasteiger partial charge >= 0.3 is 6.09 Å². The quantitative estimate of drug-likeness (QED) is 0.119. The van der Waals surface area contributed by atoms with E-state index in [1.165, 1.54) is 16.5 Å². The lowest BCUT2D eigenvalue weighted by Crippen LogP contribution is -2.48. The van der Waals surface area contributed by atoms with Crippen LogP contribution in [0.5, 0.6) is 0 Å². The number of ether oxygens (including phenoxy) is 1. The number of aromatic nitrogens is 3. The van der Waals surface area contributed by atoms with Gasteiger partial charge in [-0.15, -0.1) is 11.3 Å². The number of hydrogen-bond donors (Lipinski definition) is 4. The minimum Gasteiger partial charge on any atom is -0.449 e. The van der Waals surface area contributed by atoms with E-state index in [0.717, 1.165) is 49.2 Å². The largest absolute Gasteiger partial charge is 0.449 e. The first-order chi connectivity index (χ1) is 26.5. The number of aromatic amines is 2. The summed E-state index contributed by atoms with van der Waals surface area (Å²) < 4.78 is 6.93. The highest BCUT2D eigenvalue weighted by molar-refractivity contribution is 7.17. The molecular weight excluding hydrogens is 691 g/mol. The van der Waals surface area contributed by atoms with E-state index in [-0.39, 0.29) is 25.0 Å². The molecule has 1 aliphatic rings. The van der Waals surface area contributed by atoms with E-state index < -0.39 is 12.1 Å². The number of hydrogen-bond acceptors (Lipinski definition) is 5. The second-order valence-corrected chi connectivity index (χ2v) is 14.2. The van der Waals surface area contributed by atoms with Crippen molar-refractivity contribution in [2.24, 2.45) is 0 Å². The Morgan fingerprint density at radius 3 is 2.24 bits per heavy atom. The number of carbonyl (C=O) groups is 2. The average Bonchev–Trinajstić information content (AvgIpc) is 4.02. The minimum absolute atomic E-state index is 0.0704. The molecule has 3 aromatic heterocycles. The lowest BCUT2D eigenvalue weighted by Gasteiger charge is -2.19. The first kappa shape index (κ1) is 34.6. The number of alkyl carbamates (subject to hydrolysis) is 1. The molecule has 1 atom stereocenters. The van der Waals surface area contributed by atoms with Crippen molar-refractivity contribution in [3.8, 4) is 22.4 Å². The first-order valence-corrected chi connectivity index (χ1v) is 18.9. The predicted octanol–water partition coefficient (Wildman–Crippen LogP) is 9.53. The van der Waals surface area contributed by atoms with Gasteiger partial charge in [0.25, 0.3) is 0 Å². The van der Waals surface area contributed by atoms with Crippen LogP contribution >= 0.6 is 11.3 Å². The van der Waals surface area contributed by atoms with Crippen LogP contribution in [0.4, 0.5) is 4.79 Å². The van der Waals surface area contributed by atoms with Gasteiger partial charge in [0.2, 0.25) is 5.91 Å². The van der Waals surface area contributed by atoms with Crippen molar-refractivity contribution in [3.63, 3.8) is 0 Å². The molecule has 1 aliphatic carbocycles. The monoisotopic (exact) mass is 729 g/mol. The van der Waals surface area contributed by atoms with E-state index in [1.807, 2.05) is 90.4 Å². The lowest BCUT2D eigenvalue weighted by molar-refractivity contribution is -0.123. The van der Waals surface area contributed by atoms with Crippen LogP contribution in [0.25, 0.3) is 43.4 Å². The molecule has 3 heterocycles. The third-order valence-electron chi connectivity index (χ3n) is 9.88. The summed E-state index contributed by atoms with van der Waals surface area (Å²) in [6.07, 6.45) is 3.48.